The molecule has 8 nitrogen and oxygen atoms in total. The molecule has 2 N–H and O–H groups in total. The maximum absolute atomic E-state index is 12.5. The van der Waals surface area contributed by atoms with E-state index in [9.17, 15) is 9.59 Å². The van der Waals surface area contributed by atoms with Crippen LogP contribution in [0, 0.1) is 11.3 Å². The lowest BCUT2D eigenvalue weighted by atomic mass is 10.1. The average molecular weight is 328 g/mol. The van der Waals surface area contributed by atoms with E-state index in [1.165, 1.54) is 11.9 Å². The number of nitriles is 1. The first-order valence-corrected chi connectivity index (χ1v) is 8.04. The van der Waals surface area contributed by atoms with E-state index in [0.29, 0.717) is 24.0 Å². The Kier molecular flexibility index (Phi) is 4.34. The zero-order valence-electron chi connectivity index (χ0n) is 13.7. The quantitative estimate of drug-likeness (QED) is 0.755. The van der Waals surface area contributed by atoms with Gasteiger partial charge in [-0.1, -0.05) is 0 Å². The van der Waals surface area contributed by atoms with Crippen molar-refractivity contribution in [2.45, 2.75) is 37.6 Å². The summed E-state index contributed by atoms with van der Waals surface area (Å²) in [5.41, 5.74) is 1.59. The molecule has 1 aromatic heterocycles. The van der Waals surface area contributed by atoms with E-state index in [1.807, 2.05) is 6.07 Å². The molecule has 0 bridgehead atoms. The van der Waals surface area contributed by atoms with E-state index in [1.54, 1.807) is 13.1 Å². The van der Waals surface area contributed by atoms with Crippen molar-refractivity contribution in [3.63, 3.8) is 0 Å². The Hall–Kier alpha value is -2.69. The molecule has 2 aliphatic rings. The van der Waals surface area contributed by atoms with Crippen molar-refractivity contribution >= 4 is 17.6 Å². The minimum atomic E-state index is -0.695. The second kappa shape index (κ2) is 6.43. The van der Waals surface area contributed by atoms with E-state index < -0.39 is 12.0 Å². The molecule has 1 unspecified atom stereocenters. The van der Waals surface area contributed by atoms with E-state index in [0.717, 1.165) is 18.5 Å². The summed E-state index contributed by atoms with van der Waals surface area (Å²) in [6.45, 7) is 2.02. The van der Waals surface area contributed by atoms with Gasteiger partial charge in [-0.05, 0) is 19.8 Å². The van der Waals surface area contributed by atoms with Crippen molar-refractivity contribution in [3.05, 3.63) is 17.6 Å². The molecule has 1 aliphatic heterocycles. The van der Waals surface area contributed by atoms with Gasteiger partial charge < -0.3 is 15.5 Å². The van der Waals surface area contributed by atoms with Gasteiger partial charge in [0.05, 0.1) is 23.7 Å². The molecule has 1 aromatic rings. The molecule has 2 amide bonds. The Morgan fingerprint density at radius 2 is 2.29 bits per heavy atom. The third-order valence-electron chi connectivity index (χ3n) is 4.35. The first-order chi connectivity index (χ1) is 11.5. The highest BCUT2D eigenvalue weighted by molar-refractivity contribution is 5.91. The van der Waals surface area contributed by atoms with Crippen LogP contribution in [0.15, 0.2) is 6.20 Å². The van der Waals surface area contributed by atoms with Gasteiger partial charge in [0.1, 0.15) is 24.3 Å². The molecule has 0 saturated heterocycles. The Labute approximate surface area is 140 Å². The van der Waals surface area contributed by atoms with Gasteiger partial charge in [0.15, 0.2) is 0 Å². The van der Waals surface area contributed by atoms with Crippen LogP contribution in [0.2, 0.25) is 0 Å². The number of nitrogens with zero attached hydrogens (tertiary/aromatic N) is 4. The predicted octanol–water partition coefficient (Wildman–Crippen LogP) is 0.350. The molecule has 1 aliphatic carbocycles. The average Bonchev–Trinajstić information content (AvgIpc) is 3.33. The van der Waals surface area contributed by atoms with Gasteiger partial charge in [-0.25, -0.2) is 4.98 Å². The SMILES string of the molecule is C[C@@H](NC(=O)C1CNc2ncc(C3CC3)nc21)C(=O)N(C)CC#N. The summed E-state index contributed by atoms with van der Waals surface area (Å²) in [5.74, 6) is 0.0960. The van der Waals surface area contributed by atoms with Crippen LogP contribution in [0.25, 0.3) is 0 Å². The van der Waals surface area contributed by atoms with Crippen molar-refractivity contribution in [1.29, 1.82) is 5.26 Å². The van der Waals surface area contributed by atoms with E-state index in [2.05, 4.69) is 20.6 Å². The smallest absolute Gasteiger partial charge is 0.245 e. The monoisotopic (exact) mass is 328 g/mol. The van der Waals surface area contributed by atoms with Crippen LogP contribution in [0.4, 0.5) is 5.82 Å². The number of nitrogens with one attached hydrogen (secondary N) is 2. The Bertz CT molecular complexity index is 709. The van der Waals surface area contributed by atoms with Crippen molar-refractivity contribution in [3.8, 4) is 6.07 Å². The van der Waals surface area contributed by atoms with Crippen LogP contribution in [0.1, 0.15) is 43.0 Å². The van der Waals surface area contributed by atoms with Crippen molar-refractivity contribution < 1.29 is 9.59 Å². The fraction of sp³-hybridized carbons (Fsp3) is 0.562. The minimum Gasteiger partial charge on any atom is -0.367 e. The predicted molar refractivity (Wildman–Crippen MR) is 86.1 cm³/mol. The fourth-order valence-corrected chi connectivity index (χ4v) is 2.78. The molecule has 8 heteroatoms. The second-order valence-electron chi connectivity index (χ2n) is 6.32. The van der Waals surface area contributed by atoms with Crippen LogP contribution in [-0.2, 0) is 9.59 Å². The van der Waals surface area contributed by atoms with Crippen LogP contribution in [-0.4, -0.2) is 52.9 Å². The van der Waals surface area contributed by atoms with Gasteiger partial charge in [-0.2, -0.15) is 5.26 Å². The summed E-state index contributed by atoms with van der Waals surface area (Å²) < 4.78 is 0. The summed E-state index contributed by atoms with van der Waals surface area (Å²) >= 11 is 0. The first-order valence-electron chi connectivity index (χ1n) is 8.04. The molecular weight excluding hydrogens is 308 g/mol. The van der Waals surface area contributed by atoms with Crippen molar-refractivity contribution in [2.75, 3.05) is 25.5 Å². The molecule has 0 radical (unpaired) electrons. The number of amides is 2. The number of carbonyl (C=O) groups is 2. The molecule has 0 aromatic carbocycles. The van der Waals surface area contributed by atoms with Gasteiger partial charge >= 0.3 is 0 Å². The second-order valence-corrected chi connectivity index (χ2v) is 6.32. The zero-order valence-corrected chi connectivity index (χ0v) is 13.7. The Morgan fingerprint density at radius 3 is 2.96 bits per heavy atom. The highest BCUT2D eigenvalue weighted by Crippen LogP contribution is 2.40. The lowest BCUT2D eigenvalue weighted by Crippen LogP contribution is -2.47. The van der Waals surface area contributed by atoms with E-state index in [4.69, 9.17) is 5.26 Å². The number of fused-ring (bicyclic) bond motifs is 1. The molecule has 3 rings (SSSR count). The normalized spacial score (nSPS) is 19.6. The zero-order chi connectivity index (χ0) is 17.3. The molecule has 24 heavy (non-hydrogen) atoms. The van der Waals surface area contributed by atoms with E-state index in [-0.39, 0.29) is 18.4 Å². The minimum absolute atomic E-state index is 0.0108. The lowest BCUT2D eigenvalue weighted by Gasteiger charge is -2.21. The van der Waals surface area contributed by atoms with Crippen LogP contribution in [0.5, 0.6) is 0 Å². The van der Waals surface area contributed by atoms with Crippen LogP contribution >= 0.6 is 0 Å². The van der Waals surface area contributed by atoms with E-state index >= 15 is 0 Å². The molecule has 126 valence electrons. The highest BCUT2D eigenvalue weighted by Gasteiger charge is 2.35. The summed E-state index contributed by atoms with van der Waals surface area (Å²) in [4.78, 5) is 34.9. The molecule has 2 atom stereocenters. The number of hydrogen-bond donors (Lipinski definition) is 2. The summed E-state index contributed by atoms with van der Waals surface area (Å²) in [7, 11) is 1.54. The fourth-order valence-electron chi connectivity index (χ4n) is 2.78. The standard InChI is InChI=1S/C16H20N6O2/c1-9(16(24)22(2)6-5-17)20-15(23)11-7-18-14-13(11)21-12(8-19-14)10-3-4-10/h8-11H,3-4,6-7H2,1-2H3,(H,18,19)(H,20,23)/t9-,11?/m1/s1. The molecule has 1 saturated carbocycles. The number of carbonyl (C=O) groups excluding carboxylic acids is 2. The maximum atomic E-state index is 12.5. The molecular formula is C16H20N6O2. The topological polar surface area (TPSA) is 111 Å². The number of likely N-dealkylation sites (N-methyl/N-ethyl adjacent to an activating group) is 1. The number of aromatic nitrogens is 2. The third-order valence-corrected chi connectivity index (χ3v) is 4.35. The number of hydrogen-bond acceptors (Lipinski definition) is 6. The lowest BCUT2D eigenvalue weighted by molar-refractivity contribution is -0.134. The number of anilines is 1. The van der Waals surface area contributed by atoms with Crippen LogP contribution < -0.4 is 10.6 Å². The molecule has 1 fully saturated rings. The van der Waals surface area contributed by atoms with Gasteiger partial charge in [-0.15, -0.1) is 0 Å². The summed E-state index contributed by atoms with van der Waals surface area (Å²) in [5, 5.41) is 14.5. The highest BCUT2D eigenvalue weighted by atomic mass is 16.2. The first kappa shape index (κ1) is 16.2. The largest absolute Gasteiger partial charge is 0.367 e. The summed E-state index contributed by atoms with van der Waals surface area (Å²) in [6.07, 6.45) is 4.01. The third kappa shape index (κ3) is 3.15. The van der Waals surface area contributed by atoms with Crippen molar-refractivity contribution in [1.82, 2.24) is 20.2 Å². The maximum Gasteiger partial charge on any atom is 0.245 e. The van der Waals surface area contributed by atoms with Gasteiger partial charge in [-0.3, -0.25) is 14.6 Å². The van der Waals surface area contributed by atoms with Crippen molar-refractivity contribution in [2.24, 2.45) is 0 Å². The van der Waals surface area contributed by atoms with Gasteiger partial charge in [0.2, 0.25) is 11.8 Å². The number of rotatable bonds is 5. The Morgan fingerprint density at radius 1 is 1.54 bits per heavy atom. The van der Waals surface area contributed by atoms with Crippen LogP contribution in [0.3, 0.4) is 0 Å². The molecule has 2 heterocycles. The van der Waals surface area contributed by atoms with Gasteiger partial charge in [0, 0.05) is 19.5 Å². The Balaban J connectivity index is 1.68. The van der Waals surface area contributed by atoms with Gasteiger partial charge in [0.25, 0.3) is 0 Å². The molecule has 0 spiro atoms. The summed E-state index contributed by atoms with van der Waals surface area (Å²) in [6, 6.07) is 1.22.